The number of rotatable bonds is 9. The Balaban J connectivity index is 1.61. The number of ether oxygens (including phenoxy) is 1. The van der Waals surface area contributed by atoms with Gasteiger partial charge < -0.3 is 31.1 Å². The molecule has 0 saturated heterocycles. The highest BCUT2D eigenvalue weighted by Gasteiger charge is 2.35. The molecule has 214 valence electrons. The van der Waals surface area contributed by atoms with E-state index in [0.29, 0.717) is 38.9 Å². The SMILES string of the molecule is COc1cc([C@@H]2C(C#N)=C(SCC(=O)Nc3ccc(NC(C)=O)cc3)NC(C)=C2C(=O)Nc2ccccc2)ccc1O. The van der Waals surface area contributed by atoms with Crippen LogP contribution in [0.5, 0.6) is 11.5 Å². The number of benzene rings is 3. The Morgan fingerprint density at radius 3 is 2.24 bits per heavy atom. The van der Waals surface area contributed by atoms with Gasteiger partial charge in [-0.05, 0) is 61.0 Å². The van der Waals surface area contributed by atoms with Crippen LogP contribution < -0.4 is 26.0 Å². The van der Waals surface area contributed by atoms with Crippen LogP contribution in [0.15, 0.2) is 94.7 Å². The fourth-order valence-corrected chi connectivity index (χ4v) is 5.32. The second-order valence-corrected chi connectivity index (χ2v) is 10.3. The molecule has 4 rings (SSSR count). The van der Waals surface area contributed by atoms with Crippen LogP contribution in [0.1, 0.15) is 25.3 Å². The van der Waals surface area contributed by atoms with Crippen LogP contribution in [0, 0.1) is 11.3 Å². The number of nitrogens with zero attached hydrogens (tertiary/aromatic N) is 1. The van der Waals surface area contributed by atoms with E-state index in [0.717, 1.165) is 11.8 Å². The van der Waals surface area contributed by atoms with E-state index in [1.807, 2.05) is 6.07 Å². The van der Waals surface area contributed by atoms with Crippen LogP contribution >= 0.6 is 11.8 Å². The van der Waals surface area contributed by atoms with Gasteiger partial charge in [0.15, 0.2) is 11.5 Å². The number of carbonyl (C=O) groups is 3. The fraction of sp³-hybridized carbons (Fsp3) is 0.161. The number of carbonyl (C=O) groups excluding carboxylic acids is 3. The molecule has 5 N–H and O–H groups in total. The smallest absolute Gasteiger partial charge is 0.254 e. The number of anilines is 3. The highest BCUT2D eigenvalue weighted by molar-refractivity contribution is 8.03. The average molecular weight is 584 g/mol. The van der Waals surface area contributed by atoms with Crippen LogP contribution in [0.4, 0.5) is 17.1 Å². The van der Waals surface area contributed by atoms with E-state index in [2.05, 4.69) is 27.3 Å². The zero-order chi connectivity index (χ0) is 30.2. The molecular formula is C31H29N5O5S. The lowest BCUT2D eigenvalue weighted by Crippen LogP contribution is -2.31. The number of phenols is 1. The molecule has 3 aromatic rings. The first-order valence-corrected chi connectivity index (χ1v) is 13.8. The third kappa shape index (κ3) is 7.10. The van der Waals surface area contributed by atoms with Crippen LogP contribution in [-0.2, 0) is 14.4 Å². The quantitative estimate of drug-likeness (QED) is 0.234. The number of phenolic OH excluding ortho intramolecular Hbond substituents is 1. The van der Waals surface area contributed by atoms with E-state index in [1.54, 1.807) is 67.6 Å². The number of hydrogen-bond donors (Lipinski definition) is 5. The highest BCUT2D eigenvalue weighted by atomic mass is 32.2. The van der Waals surface area contributed by atoms with E-state index < -0.39 is 11.8 Å². The van der Waals surface area contributed by atoms with Crippen molar-refractivity contribution in [1.29, 1.82) is 5.26 Å². The second-order valence-electron chi connectivity index (χ2n) is 9.30. The van der Waals surface area contributed by atoms with Gasteiger partial charge in [0.25, 0.3) is 5.91 Å². The standard InChI is InChI=1S/C31H29N5O5S/c1-18-28(30(40)36-21-7-5-4-6-8-21)29(20-9-14-25(38)26(15-20)41-3)24(16-32)31(33-18)42-17-27(39)35-23-12-10-22(11-13-23)34-19(2)37/h4-15,29,33,38H,17H2,1-3H3,(H,34,37)(H,35,39)(H,36,40)/t29-/m1/s1. The summed E-state index contributed by atoms with van der Waals surface area (Å²) in [6, 6.07) is 22.6. The van der Waals surface area contributed by atoms with Crippen molar-refractivity contribution in [2.75, 3.05) is 28.8 Å². The molecule has 0 aromatic heterocycles. The zero-order valence-corrected chi connectivity index (χ0v) is 24.0. The maximum absolute atomic E-state index is 13.6. The molecule has 3 aromatic carbocycles. The Morgan fingerprint density at radius 2 is 1.62 bits per heavy atom. The molecule has 3 amide bonds. The number of dihydropyridines is 1. The van der Waals surface area contributed by atoms with Gasteiger partial charge in [0.2, 0.25) is 11.8 Å². The van der Waals surface area contributed by atoms with E-state index >= 15 is 0 Å². The lowest BCUT2D eigenvalue weighted by molar-refractivity contribution is -0.114. The van der Waals surface area contributed by atoms with Gasteiger partial charge in [0.1, 0.15) is 0 Å². The first-order valence-electron chi connectivity index (χ1n) is 12.9. The van der Waals surface area contributed by atoms with Crippen LogP contribution in [-0.4, -0.2) is 35.7 Å². The van der Waals surface area contributed by atoms with Crippen LogP contribution in [0.25, 0.3) is 0 Å². The summed E-state index contributed by atoms with van der Waals surface area (Å²) in [4.78, 5) is 37.6. The van der Waals surface area contributed by atoms with Crippen molar-refractivity contribution in [3.05, 3.63) is 100 Å². The molecule has 0 saturated carbocycles. The summed E-state index contributed by atoms with van der Waals surface area (Å²) in [6.07, 6.45) is 0. The first kappa shape index (κ1) is 29.8. The van der Waals surface area contributed by atoms with Gasteiger partial charge in [-0.2, -0.15) is 5.26 Å². The van der Waals surface area contributed by atoms with Crippen molar-refractivity contribution in [1.82, 2.24) is 5.32 Å². The molecule has 1 aliphatic heterocycles. The van der Waals surface area contributed by atoms with Crippen LogP contribution in [0.2, 0.25) is 0 Å². The number of thioether (sulfide) groups is 1. The molecule has 42 heavy (non-hydrogen) atoms. The normalized spacial score (nSPS) is 14.4. The number of para-hydroxylation sites is 1. The average Bonchev–Trinajstić information content (AvgIpc) is 2.97. The largest absolute Gasteiger partial charge is 0.504 e. The molecular weight excluding hydrogens is 554 g/mol. The van der Waals surface area contributed by atoms with Gasteiger partial charge in [-0.3, -0.25) is 14.4 Å². The lowest BCUT2D eigenvalue weighted by atomic mass is 9.82. The molecule has 0 fully saturated rings. The predicted octanol–water partition coefficient (Wildman–Crippen LogP) is 5.07. The van der Waals surface area contributed by atoms with Crippen LogP contribution in [0.3, 0.4) is 0 Å². The van der Waals surface area contributed by atoms with Gasteiger partial charge in [-0.1, -0.05) is 36.0 Å². The molecule has 0 spiro atoms. The van der Waals surface area contributed by atoms with Gasteiger partial charge in [0.05, 0.1) is 35.5 Å². The second kappa shape index (κ2) is 13.4. The van der Waals surface area contributed by atoms with Crippen molar-refractivity contribution < 1.29 is 24.2 Å². The van der Waals surface area contributed by atoms with Crippen molar-refractivity contribution in [2.45, 2.75) is 19.8 Å². The Hall–Kier alpha value is -5.21. The number of hydrogen-bond acceptors (Lipinski definition) is 8. The van der Waals surface area contributed by atoms with Crippen molar-refractivity contribution in [2.24, 2.45) is 0 Å². The zero-order valence-electron chi connectivity index (χ0n) is 23.1. The van der Waals surface area contributed by atoms with Crippen molar-refractivity contribution in [3.8, 4) is 17.6 Å². The van der Waals surface area contributed by atoms with E-state index in [4.69, 9.17) is 4.74 Å². The Labute approximate surface area is 247 Å². The molecule has 1 heterocycles. The minimum atomic E-state index is -0.804. The fourth-order valence-electron chi connectivity index (χ4n) is 4.43. The third-order valence-electron chi connectivity index (χ3n) is 6.30. The summed E-state index contributed by atoms with van der Waals surface area (Å²) in [5, 5.41) is 32.4. The van der Waals surface area contributed by atoms with Crippen molar-refractivity contribution in [3.63, 3.8) is 0 Å². The predicted molar refractivity (Wildman–Crippen MR) is 163 cm³/mol. The van der Waals surface area contributed by atoms with E-state index in [1.165, 1.54) is 20.1 Å². The van der Waals surface area contributed by atoms with Gasteiger partial charge >= 0.3 is 0 Å². The van der Waals surface area contributed by atoms with E-state index in [-0.39, 0.29) is 34.6 Å². The minimum absolute atomic E-state index is 0.0224. The molecule has 0 bridgehead atoms. The Morgan fingerprint density at radius 1 is 0.976 bits per heavy atom. The molecule has 1 aliphatic rings. The lowest BCUT2D eigenvalue weighted by Gasteiger charge is -2.30. The molecule has 1 atom stereocenters. The first-order chi connectivity index (χ1) is 20.2. The summed E-state index contributed by atoms with van der Waals surface area (Å²) in [5.74, 6) is -1.62. The summed E-state index contributed by atoms with van der Waals surface area (Å²) in [5.41, 5.74) is 3.37. The molecule has 0 unspecified atom stereocenters. The van der Waals surface area contributed by atoms with Crippen molar-refractivity contribution >= 4 is 46.5 Å². The summed E-state index contributed by atoms with van der Waals surface area (Å²) >= 11 is 1.13. The molecule has 0 aliphatic carbocycles. The van der Waals surface area contributed by atoms with Gasteiger partial charge in [-0.15, -0.1) is 0 Å². The number of allylic oxidation sites excluding steroid dienone is 2. The number of nitriles is 1. The third-order valence-corrected chi connectivity index (χ3v) is 7.31. The highest BCUT2D eigenvalue weighted by Crippen LogP contribution is 2.43. The summed E-state index contributed by atoms with van der Waals surface area (Å²) in [6.45, 7) is 3.14. The molecule has 11 heteroatoms. The molecule has 0 radical (unpaired) electrons. The number of aromatic hydroxyl groups is 1. The minimum Gasteiger partial charge on any atom is -0.504 e. The maximum atomic E-state index is 13.6. The van der Waals surface area contributed by atoms with Gasteiger partial charge in [-0.25, -0.2) is 0 Å². The van der Waals surface area contributed by atoms with Gasteiger partial charge in [0, 0.05) is 35.3 Å². The Bertz CT molecular complexity index is 1610. The molecule has 10 nitrogen and oxygen atoms in total. The number of nitrogens with one attached hydrogen (secondary N) is 4. The number of methoxy groups -OCH3 is 1. The monoisotopic (exact) mass is 583 g/mol. The topological polar surface area (TPSA) is 153 Å². The summed E-state index contributed by atoms with van der Waals surface area (Å²) < 4.78 is 5.29. The summed E-state index contributed by atoms with van der Waals surface area (Å²) in [7, 11) is 1.42. The Kier molecular flexibility index (Phi) is 9.52. The number of amides is 3. The van der Waals surface area contributed by atoms with E-state index in [9.17, 15) is 24.8 Å². The maximum Gasteiger partial charge on any atom is 0.254 e.